The molecule has 148 valence electrons. The largest absolute Gasteiger partial charge is 0.459 e. The number of amides is 1. The van der Waals surface area contributed by atoms with Gasteiger partial charge in [0, 0.05) is 24.4 Å². The first-order chi connectivity index (χ1) is 13.8. The Kier molecular flexibility index (Phi) is 4.55. The summed E-state index contributed by atoms with van der Waals surface area (Å²) in [5, 5.41) is 10.7. The van der Waals surface area contributed by atoms with Crippen molar-refractivity contribution in [1.82, 2.24) is 0 Å². The average molecular weight is 413 g/mol. The van der Waals surface area contributed by atoms with Gasteiger partial charge in [-0.05, 0) is 48.4 Å². The summed E-state index contributed by atoms with van der Waals surface area (Å²) in [4.78, 5) is 24.2. The molecule has 0 spiro atoms. The lowest BCUT2D eigenvalue weighted by molar-refractivity contribution is -0.384. The molecule has 3 aromatic rings. The van der Waals surface area contributed by atoms with Gasteiger partial charge >= 0.3 is 0 Å². The van der Waals surface area contributed by atoms with Crippen molar-refractivity contribution in [2.45, 2.75) is 11.3 Å². The van der Waals surface area contributed by atoms with Crippen LogP contribution in [0.25, 0.3) is 0 Å². The summed E-state index contributed by atoms with van der Waals surface area (Å²) in [6.45, 7) is 0.466. The summed E-state index contributed by atoms with van der Waals surface area (Å²) in [5.74, 6) is -0.0983. The molecule has 1 aromatic heterocycles. The van der Waals surface area contributed by atoms with Crippen molar-refractivity contribution in [3.63, 3.8) is 0 Å². The molecule has 2 aromatic carbocycles. The summed E-state index contributed by atoms with van der Waals surface area (Å²) in [6.07, 6.45) is 2.07. The van der Waals surface area contributed by atoms with Gasteiger partial charge in [0.1, 0.15) is 0 Å². The third-order valence-corrected chi connectivity index (χ3v) is 5.97. The number of anilines is 2. The number of benzene rings is 2. The van der Waals surface area contributed by atoms with Crippen molar-refractivity contribution in [2.24, 2.45) is 0 Å². The minimum absolute atomic E-state index is 0.105. The number of carbonyl (C=O) groups excluding carboxylic acids is 1. The van der Waals surface area contributed by atoms with Crippen molar-refractivity contribution in [3.05, 3.63) is 82.3 Å². The molecular formula is C19H15N3O6S. The Labute approximate surface area is 165 Å². The number of rotatable bonds is 5. The molecule has 9 nitrogen and oxygen atoms in total. The highest BCUT2D eigenvalue weighted by Gasteiger charge is 2.28. The first kappa shape index (κ1) is 18.7. The van der Waals surface area contributed by atoms with Crippen LogP contribution in [0.4, 0.5) is 17.1 Å². The Morgan fingerprint density at radius 1 is 1.14 bits per heavy atom. The van der Waals surface area contributed by atoms with E-state index in [0.29, 0.717) is 18.7 Å². The van der Waals surface area contributed by atoms with Gasteiger partial charge in [-0.25, -0.2) is 8.42 Å². The number of sulfonamides is 1. The maximum atomic E-state index is 12.6. The van der Waals surface area contributed by atoms with Gasteiger partial charge in [-0.1, -0.05) is 6.07 Å². The Hall–Kier alpha value is -3.66. The molecule has 2 heterocycles. The van der Waals surface area contributed by atoms with E-state index in [-0.39, 0.29) is 27.9 Å². The third-order valence-electron chi connectivity index (χ3n) is 4.57. The van der Waals surface area contributed by atoms with E-state index in [2.05, 4.69) is 4.72 Å². The number of nitrogens with one attached hydrogen (secondary N) is 1. The quantitative estimate of drug-likeness (QED) is 0.506. The lowest BCUT2D eigenvalue weighted by Crippen LogP contribution is -2.28. The molecule has 0 atom stereocenters. The predicted molar refractivity (Wildman–Crippen MR) is 104 cm³/mol. The molecule has 1 N–H and O–H groups in total. The van der Waals surface area contributed by atoms with Gasteiger partial charge in [0.15, 0.2) is 5.76 Å². The Bertz CT molecular complexity index is 1190. The van der Waals surface area contributed by atoms with E-state index in [1.165, 1.54) is 23.3 Å². The molecule has 1 aliphatic heterocycles. The Morgan fingerprint density at radius 3 is 2.55 bits per heavy atom. The number of nitrogens with zero attached hydrogens (tertiary/aromatic N) is 2. The van der Waals surface area contributed by atoms with Crippen molar-refractivity contribution < 1.29 is 22.6 Å². The van der Waals surface area contributed by atoms with E-state index in [1.54, 1.807) is 30.3 Å². The molecule has 1 aliphatic rings. The van der Waals surface area contributed by atoms with Crippen LogP contribution in [0.2, 0.25) is 0 Å². The number of hydrogen-bond acceptors (Lipinski definition) is 6. The molecule has 0 bridgehead atoms. The first-order valence-electron chi connectivity index (χ1n) is 8.61. The fourth-order valence-electron chi connectivity index (χ4n) is 3.15. The topological polar surface area (TPSA) is 123 Å². The second-order valence-electron chi connectivity index (χ2n) is 6.38. The van der Waals surface area contributed by atoms with Gasteiger partial charge in [0.2, 0.25) is 0 Å². The van der Waals surface area contributed by atoms with E-state index in [4.69, 9.17) is 4.42 Å². The number of fused-ring (bicyclic) bond motifs is 1. The van der Waals surface area contributed by atoms with Crippen LogP contribution in [0.1, 0.15) is 16.1 Å². The van der Waals surface area contributed by atoms with Gasteiger partial charge in [-0.2, -0.15) is 0 Å². The van der Waals surface area contributed by atoms with Crippen LogP contribution in [0.5, 0.6) is 0 Å². The van der Waals surface area contributed by atoms with Gasteiger partial charge < -0.3 is 9.32 Å². The molecular weight excluding hydrogens is 398 g/mol. The molecule has 0 saturated heterocycles. The molecule has 4 rings (SSSR count). The van der Waals surface area contributed by atoms with Crippen LogP contribution >= 0.6 is 0 Å². The smallest absolute Gasteiger partial charge is 0.293 e. The van der Waals surface area contributed by atoms with Crippen LogP contribution in [0.3, 0.4) is 0 Å². The first-order valence-corrected chi connectivity index (χ1v) is 10.1. The molecule has 0 aliphatic carbocycles. The summed E-state index contributed by atoms with van der Waals surface area (Å²) in [6, 6.07) is 12.7. The van der Waals surface area contributed by atoms with Gasteiger partial charge in [-0.15, -0.1) is 0 Å². The second kappa shape index (κ2) is 7.06. The molecule has 0 saturated carbocycles. The van der Waals surface area contributed by atoms with Gasteiger partial charge in [0.05, 0.1) is 21.8 Å². The normalized spacial score (nSPS) is 13.2. The second-order valence-corrected chi connectivity index (χ2v) is 8.07. The number of furan rings is 1. The number of non-ortho nitro benzene ring substituents is 1. The van der Waals surface area contributed by atoms with E-state index in [9.17, 15) is 23.3 Å². The van der Waals surface area contributed by atoms with Crippen LogP contribution < -0.4 is 9.62 Å². The third kappa shape index (κ3) is 3.57. The number of nitro groups is 1. The monoisotopic (exact) mass is 413 g/mol. The van der Waals surface area contributed by atoms with Crippen molar-refractivity contribution in [3.8, 4) is 0 Å². The fourth-order valence-corrected chi connectivity index (χ4v) is 4.20. The zero-order chi connectivity index (χ0) is 20.6. The SMILES string of the molecule is O=C(c1ccco1)N1CCc2ccc(NS(=O)(=O)c3ccc([N+](=O)[O-])cc3)cc21. The zero-order valence-corrected chi connectivity index (χ0v) is 15.8. The van der Waals surface area contributed by atoms with E-state index in [0.717, 1.165) is 17.7 Å². The highest BCUT2D eigenvalue weighted by molar-refractivity contribution is 7.92. The highest BCUT2D eigenvalue weighted by atomic mass is 32.2. The lowest BCUT2D eigenvalue weighted by Gasteiger charge is -2.17. The minimum atomic E-state index is -3.95. The van der Waals surface area contributed by atoms with Gasteiger partial charge in [-0.3, -0.25) is 19.6 Å². The maximum absolute atomic E-state index is 12.6. The Balaban J connectivity index is 1.60. The van der Waals surface area contributed by atoms with Crippen LogP contribution in [-0.4, -0.2) is 25.8 Å². The van der Waals surface area contributed by atoms with E-state index >= 15 is 0 Å². The number of carbonyl (C=O) groups is 1. The molecule has 0 unspecified atom stereocenters. The van der Waals surface area contributed by atoms with Crippen molar-refractivity contribution in [2.75, 3.05) is 16.2 Å². The summed E-state index contributed by atoms with van der Waals surface area (Å²) < 4.78 is 32.8. The van der Waals surface area contributed by atoms with Gasteiger partial charge in [0.25, 0.3) is 21.6 Å². The molecule has 10 heteroatoms. The number of hydrogen-bond donors (Lipinski definition) is 1. The van der Waals surface area contributed by atoms with Crippen molar-refractivity contribution >= 4 is 33.0 Å². The standard InChI is InChI=1S/C19H15N3O6S/c23-19(18-2-1-11-28-18)21-10-9-13-3-4-14(12-17(13)21)20-29(26,27)16-7-5-15(6-8-16)22(24)25/h1-8,11-12,20H,9-10H2. The van der Waals surface area contributed by atoms with Crippen LogP contribution in [0.15, 0.2) is 70.2 Å². The van der Waals surface area contributed by atoms with Crippen molar-refractivity contribution in [1.29, 1.82) is 0 Å². The minimum Gasteiger partial charge on any atom is -0.459 e. The highest BCUT2D eigenvalue weighted by Crippen LogP contribution is 2.33. The van der Waals surface area contributed by atoms with Crippen LogP contribution in [-0.2, 0) is 16.4 Å². The van der Waals surface area contributed by atoms with E-state index in [1.807, 2.05) is 0 Å². The zero-order valence-electron chi connectivity index (χ0n) is 14.9. The Morgan fingerprint density at radius 2 is 1.90 bits per heavy atom. The van der Waals surface area contributed by atoms with Crippen LogP contribution in [0, 0.1) is 10.1 Å². The summed E-state index contributed by atoms with van der Waals surface area (Å²) in [5.41, 5.74) is 1.60. The molecule has 0 fully saturated rings. The predicted octanol–water partition coefficient (Wildman–Crippen LogP) is 3.19. The number of nitro benzene ring substituents is 1. The maximum Gasteiger partial charge on any atom is 0.293 e. The van der Waals surface area contributed by atoms with E-state index < -0.39 is 14.9 Å². The molecule has 29 heavy (non-hydrogen) atoms. The molecule has 1 amide bonds. The summed E-state index contributed by atoms with van der Waals surface area (Å²) >= 11 is 0. The fraction of sp³-hybridized carbons (Fsp3) is 0.105. The lowest BCUT2D eigenvalue weighted by atomic mass is 10.1. The summed E-state index contributed by atoms with van der Waals surface area (Å²) in [7, 11) is -3.95. The average Bonchev–Trinajstić information content (AvgIpc) is 3.37. The molecule has 0 radical (unpaired) electrons.